The van der Waals surface area contributed by atoms with Gasteiger partial charge < -0.3 is 10.1 Å². The maximum atomic E-state index is 13.3. The summed E-state index contributed by atoms with van der Waals surface area (Å²) in [5.41, 5.74) is 2.13. The molecule has 1 aliphatic heterocycles. The second-order valence-electron chi connectivity index (χ2n) is 7.73. The van der Waals surface area contributed by atoms with Gasteiger partial charge >= 0.3 is 0 Å². The number of amides is 1. The summed E-state index contributed by atoms with van der Waals surface area (Å²) in [5, 5.41) is 3.02. The number of benzene rings is 3. The largest absolute Gasteiger partial charge is 0.476 e. The van der Waals surface area contributed by atoms with Crippen molar-refractivity contribution in [1.82, 2.24) is 5.32 Å². The molecule has 0 spiro atoms. The number of nitrogens with one attached hydrogen (secondary N) is 1. The number of ether oxygens (including phenoxy) is 1. The van der Waals surface area contributed by atoms with Crippen LogP contribution in [0, 0.1) is 0 Å². The van der Waals surface area contributed by atoms with Crippen molar-refractivity contribution in [3.63, 3.8) is 0 Å². The van der Waals surface area contributed by atoms with E-state index in [9.17, 15) is 13.2 Å². The lowest BCUT2D eigenvalue weighted by molar-refractivity contribution is -0.128. The third kappa shape index (κ3) is 4.78. The molecule has 0 aromatic heterocycles. The van der Waals surface area contributed by atoms with Gasteiger partial charge in [0.2, 0.25) is 10.0 Å². The molecule has 0 saturated heterocycles. The van der Waals surface area contributed by atoms with Crippen LogP contribution in [0.5, 0.6) is 5.75 Å². The van der Waals surface area contributed by atoms with E-state index in [4.69, 9.17) is 4.74 Å². The number of carbonyl (C=O) groups is 1. The molecule has 6 nitrogen and oxygen atoms in total. The van der Waals surface area contributed by atoms with Crippen molar-refractivity contribution in [3.8, 4) is 5.75 Å². The first-order valence-electron chi connectivity index (χ1n) is 10.6. The fourth-order valence-corrected chi connectivity index (χ4v) is 5.42. The molecule has 166 valence electrons. The summed E-state index contributed by atoms with van der Waals surface area (Å²) in [5.74, 6) is -0.114. The van der Waals surface area contributed by atoms with Crippen molar-refractivity contribution >= 4 is 21.6 Å². The Kier molecular flexibility index (Phi) is 6.46. The monoisotopic (exact) mass is 450 g/mol. The zero-order chi connectivity index (χ0) is 22.6. The van der Waals surface area contributed by atoms with Gasteiger partial charge in [0.15, 0.2) is 6.10 Å². The number of anilines is 1. The van der Waals surface area contributed by atoms with E-state index in [0.29, 0.717) is 23.4 Å². The number of carbonyl (C=O) groups excluding carboxylic acids is 1. The van der Waals surface area contributed by atoms with Gasteiger partial charge in [-0.3, -0.25) is 9.10 Å². The van der Waals surface area contributed by atoms with Gasteiger partial charge in [0.05, 0.1) is 24.0 Å². The van der Waals surface area contributed by atoms with Gasteiger partial charge in [0.1, 0.15) is 5.75 Å². The lowest BCUT2D eigenvalue weighted by Crippen LogP contribution is -2.51. The van der Waals surface area contributed by atoms with Crippen LogP contribution in [0.4, 0.5) is 5.69 Å². The Morgan fingerprint density at radius 3 is 2.31 bits per heavy atom. The second kappa shape index (κ2) is 9.44. The molecule has 3 aromatic rings. The van der Waals surface area contributed by atoms with Gasteiger partial charge in [-0.25, -0.2) is 8.42 Å². The van der Waals surface area contributed by atoms with E-state index >= 15 is 0 Å². The summed E-state index contributed by atoms with van der Waals surface area (Å²) in [7, 11) is -3.73. The van der Waals surface area contributed by atoms with E-state index in [1.807, 2.05) is 55.5 Å². The number of sulfonamides is 1. The van der Waals surface area contributed by atoms with Crippen molar-refractivity contribution in [2.24, 2.45) is 0 Å². The van der Waals surface area contributed by atoms with E-state index in [1.165, 1.54) is 4.31 Å². The van der Waals surface area contributed by atoms with Crippen molar-refractivity contribution in [1.29, 1.82) is 0 Å². The fraction of sp³-hybridized carbons (Fsp3) is 0.240. The van der Waals surface area contributed by atoms with Crippen LogP contribution in [-0.2, 0) is 20.6 Å². The van der Waals surface area contributed by atoms with Crippen LogP contribution >= 0.6 is 0 Å². The van der Waals surface area contributed by atoms with Crippen LogP contribution in [0.25, 0.3) is 0 Å². The Labute approximate surface area is 188 Å². The zero-order valence-electron chi connectivity index (χ0n) is 17.8. The van der Waals surface area contributed by atoms with E-state index in [-0.39, 0.29) is 24.2 Å². The molecule has 0 bridgehead atoms. The molecular weight excluding hydrogens is 424 g/mol. The van der Waals surface area contributed by atoms with Gasteiger partial charge in [-0.2, -0.15) is 0 Å². The van der Waals surface area contributed by atoms with Gasteiger partial charge in [-0.1, -0.05) is 79.7 Å². The standard InChI is InChI=1S/C25H26N2O4S/c1-2-21(20-13-7-4-8-14-20)26-25(28)24-17-27(22-15-9-10-16-23(22)31-24)32(29,30)18-19-11-5-3-6-12-19/h3-16,21,24H,2,17-18H2,1H3,(H,26,28). The average molecular weight is 451 g/mol. The van der Waals surface area contributed by atoms with Gasteiger partial charge in [-0.05, 0) is 29.7 Å². The van der Waals surface area contributed by atoms with Crippen LogP contribution in [0.15, 0.2) is 84.9 Å². The lowest BCUT2D eigenvalue weighted by Gasteiger charge is -2.35. The number of rotatable bonds is 7. The Balaban J connectivity index is 1.58. The molecule has 32 heavy (non-hydrogen) atoms. The summed E-state index contributed by atoms with van der Waals surface area (Å²) < 4.78 is 33.9. The maximum Gasteiger partial charge on any atom is 0.263 e. The average Bonchev–Trinajstić information content (AvgIpc) is 2.82. The molecule has 1 heterocycles. The number of hydrogen-bond donors (Lipinski definition) is 1. The Morgan fingerprint density at radius 2 is 1.62 bits per heavy atom. The highest BCUT2D eigenvalue weighted by molar-refractivity contribution is 7.92. The summed E-state index contributed by atoms with van der Waals surface area (Å²) in [4.78, 5) is 13.1. The minimum Gasteiger partial charge on any atom is -0.476 e. The smallest absolute Gasteiger partial charge is 0.263 e. The molecule has 0 saturated carbocycles. The molecule has 4 rings (SSSR count). The van der Waals surface area contributed by atoms with E-state index in [2.05, 4.69) is 5.32 Å². The summed E-state index contributed by atoms with van der Waals surface area (Å²) in [6.45, 7) is 1.91. The van der Waals surface area contributed by atoms with Crippen molar-refractivity contribution in [2.75, 3.05) is 10.8 Å². The minimum absolute atomic E-state index is 0.0801. The first-order valence-corrected chi connectivity index (χ1v) is 12.2. The van der Waals surface area contributed by atoms with E-state index < -0.39 is 16.1 Å². The molecule has 1 amide bonds. The van der Waals surface area contributed by atoms with Gasteiger partial charge in [0.25, 0.3) is 5.91 Å². The molecule has 1 N–H and O–H groups in total. The summed E-state index contributed by atoms with van der Waals surface area (Å²) >= 11 is 0. The molecule has 0 aliphatic carbocycles. The van der Waals surface area contributed by atoms with Crippen LogP contribution in [0.3, 0.4) is 0 Å². The Bertz CT molecular complexity index is 1170. The molecule has 0 fully saturated rings. The first kappa shape index (κ1) is 21.9. The van der Waals surface area contributed by atoms with Crippen LogP contribution in [-0.4, -0.2) is 27.0 Å². The van der Waals surface area contributed by atoms with Crippen LogP contribution in [0.1, 0.15) is 30.5 Å². The zero-order valence-corrected chi connectivity index (χ0v) is 18.7. The van der Waals surface area contributed by atoms with Gasteiger partial charge in [-0.15, -0.1) is 0 Å². The minimum atomic E-state index is -3.73. The number of fused-ring (bicyclic) bond motifs is 1. The van der Waals surface area contributed by atoms with E-state index in [0.717, 1.165) is 5.56 Å². The Morgan fingerprint density at radius 1 is 1.00 bits per heavy atom. The topological polar surface area (TPSA) is 75.7 Å². The summed E-state index contributed by atoms with van der Waals surface area (Å²) in [6.07, 6.45) is -0.247. The lowest BCUT2D eigenvalue weighted by atomic mass is 10.0. The molecule has 1 aliphatic rings. The van der Waals surface area contributed by atoms with Gasteiger partial charge in [0, 0.05) is 0 Å². The molecule has 0 radical (unpaired) electrons. The first-order chi connectivity index (χ1) is 15.5. The van der Waals surface area contributed by atoms with Crippen LogP contribution < -0.4 is 14.4 Å². The molecular formula is C25H26N2O4S. The third-order valence-electron chi connectivity index (χ3n) is 5.48. The fourth-order valence-electron chi connectivity index (χ4n) is 3.84. The highest BCUT2D eigenvalue weighted by atomic mass is 32.2. The maximum absolute atomic E-state index is 13.3. The number of hydrogen-bond acceptors (Lipinski definition) is 4. The van der Waals surface area contributed by atoms with Crippen LogP contribution in [0.2, 0.25) is 0 Å². The van der Waals surface area contributed by atoms with Crippen molar-refractivity contribution in [2.45, 2.75) is 31.2 Å². The molecule has 3 aromatic carbocycles. The Hall–Kier alpha value is -3.32. The predicted octanol–water partition coefficient (Wildman–Crippen LogP) is 4.05. The molecule has 2 unspecified atom stereocenters. The SMILES string of the molecule is CCC(NC(=O)C1CN(S(=O)(=O)Cc2ccccc2)c2ccccc2O1)c1ccccc1. The number of nitrogens with zero attached hydrogens (tertiary/aromatic N) is 1. The van der Waals surface area contributed by atoms with Crippen molar-refractivity contribution in [3.05, 3.63) is 96.1 Å². The number of para-hydroxylation sites is 2. The van der Waals surface area contributed by atoms with Crippen molar-refractivity contribution < 1.29 is 17.9 Å². The normalized spacial score (nSPS) is 16.5. The quantitative estimate of drug-likeness (QED) is 0.589. The third-order valence-corrected chi connectivity index (χ3v) is 7.20. The second-order valence-corrected chi connectivity index (χ2v) is 9.62. The predicted molar refractivity (Wildman–Crippen MR) is 125 cm³/mol. The molecule has 7 heteroatoms. The highest BCUT2D eigenvalue weighted by Gasteiger charge is 2.37. The molecule has 2 atom stereocenters. The summed E-state index contributed by atoms with van der Waals surface area (Å²) in [6, 6.07) is 25.4. The van der Waals surface area contributed by atoms with E-state index in [1.54, 1.807) is 36.4 Å². The highest BCUT2D eigenvalue weighted by Crippen LogP contribution is 2.36.